The molecule has 5 rings (SSSR count). The van der Waals surface area contributed by atoms with Crippen molar-refractivity contribution in [3.63, 3.8) is 0 Å². The van der Waals surface area contributed by atoms with E-state index < -0.39 is 0 Å². The van der Waals surface area contributed by atoms with Crippen LogP contribution in [-0.4, -0.2) is 24.3 Å². The van der Waals surface area contributed by atoms with Crippen molar-refractivity contribution in [2.75, 3.05) is 0 Å². The van der Waals surface area contributed by atoms with Crippen LogP contribution in [-0.2, 0) is 0 Å². The summed E-state index contributed by atoms with van der Waals surface area (Å²) in [5, 5.41) is 14.5. The van der Waals surface area contributed by atoms with Gasteiger partial charge in [0.1, 0.15) is 11.6 Å². The van der Waals surface area contributed by atoms with E-state index in [1.54, 1.807) is 29.6 Å². The first-order chi connectivity index (χ1) is 14.7. The van der Waals surface area contributed by atoms with E-state index in [0.717, 1.165) is 28.2 Å². The molecule has 8 nitrogen and oxygen atoms in total. The van der Waals surface area contributed by atoms with Gasteiger partial charge in [0.05, 0.1) is 29.2 Å². The molecular weight excluding hydrogens is 378 g/mol. The zero-order chi connectivity index (χ0) is 20.7. The molecule has 1 aliphatic rings. The minimum atomic E-state index is -0.369. The molecule has 1 unspecified atom stereocenters. The summed E-state index contributed by atoms with van der Waals surface area (Å²) in [4.78, 5) is 8.14. The lowest BCUT2D eigenvalue weighted by Crippen LogP contribution is -2.22. The van der Waals surface area contributed by atoms with Crippen LogP contribution in [0, 0.1) is 18.3 Å². The van der Waals surface area contributed by atoms with Gasteiger partial charge in [-0.2, -0.15) is 10.4 Å². The molecule has 8 heteroatoms. The number of hydrogen-bond acceptors (Lipinski definition) is 6. The Kier molecular flexibility index (Phi) is 4.07. The van der Waals surface area contributed by atoms with Crippen LogP contribution in [0.4, 0.5) is 0 Å². The Labute approximate surface area is 172 Å². The third-order valence-electron chi connectivity index (χ3n) is 5.17. The molecule has 1 aliphatic heterocycles. The van der Waals surface area contributed by atoms with Crippen molar-refractivity contribution in [2.24, 2.45) is 5.73 Å². The largest absolute Gasteiger partial charge is 0.422 e. The van der Waals surface area contributed by atoms with E-state index in [1.807, 2.05) is 54.1 Å². The summed E-state index contributed by atoms with van der Waals surface area (Å²) in [6.07, 6.45) is 8.72. The highest BCUT2D eigenvalue weighted by molar-refractivity contribution is 5.57. The Morgan fingerprint density at radius 3 is 2.47 bits per heavy atom. The number of nitrogens with zero attached hydrogens (tertiary/aromatic N) is 6. The smallest absolute Gasteiger partial charge is 0.229 e. The van der Waals surface area contributed by atoms with Gasteiger partial charge in [0.15, 0.2) is 0 Å². The molecule has 1 aromatic carbocycles. The molecule has 0 radical (unpaired) electrons. The minimum absolute atomic E-state index is 0.0869. The van der Waals surface area contributed by atoms with Crippen molar-refractivity contribution >= 4 is 0 Å². The maximum Gasteiger partial charge on any atom is 0.229 e. The fourth-order valence-electron chi connectivity index (χ4n) is 3.76. The second kappa shape index (κ2) is 6.90. The quantitative estimate of drug-likeness (QED) is 0.571. The molecule has 0 aliphatic carbocycles. The number of rotatable bonds is 3. The van der Waals surface area contributed by atoms with Crippen LogP contribution in [0.3, 0.4) is 0 Å². The van der Waals surface area contributed by atoms with E-state index in [2.05, 4.69) is 21.1 Å². The number of imidazole rings is 1. The number of allylic oxidation sites excluding steroid dienone is 1. The van der Waals surface area contributed by atoms with E-state index in [4.69, 9.17) is 10.5 Å². The highest BCUT2D eigenvalue weighted by Gasteiger charge is 2.36. The molecule has 1 atom stereocenters. The average Bonchev–Trinajstić information content (AvgIpc) is 3.42. The molecule has 2 N–H and O–H groups in total. The maximum absolute atomic E-state index is 9.82. The van der Waals surface area contributed by atoms with Gasteiger partial charge in [0, 0.05) is 30.5 Å². The molecule has 0 fully saturated rings. The predicted molar refractivity (Wildman–Crippen MR) is 109 cm³/mol. The van der Waals surface area contributed by atoms with Gasteiger partial charge >= 0.3 is 0 Å². The third kappa shape index (κ3) is 2.72. The van der Waals surface area contributed by atoms with E-state index in [-0.39, 0.29) is 11.8 Å². The fraction of sp³-hybridized carbons (Fsp3) is 0.0909. The van der Waals surface area contributed by atoms with Gasteiger partial charge in [-0.1, -0.05) is 12.1 Å². The first-order valence-electron chi connectivity index (χ1n) is 9.33. The highest BCUT2D eigenvalue weighted by atomic mass is 16.5. The molecule has 4 aromatic rings. The van der Waals surface area contributed by atoms with Gasteiger partial charge < -0.3 is 15.0 Å². The molecule has 0 amide bonds. The van der Waals surface area contributed by atoms with Crippen molar-refractivity contribution in [3.8, 4) is 23.3 Å². The Morgan fingerprint density at radius 1 is 1.03 bits per heavy atom. The Bertz CT molecular complexity index is 1280. The number of ether oxygens (including phenoxy) is 1. The first kappa shape index (κ1) is 17.7. The number of nitriles is 1. The molecule has 0 bridgehead atoms. The lowest BCUT2D eigenvalue weighted by molar-refractivity contribution is 0.367. The Morgan fingerprint density at radius 2 is 1.80 bits per heavy atom. The number of nitrogens with two attached hydrogens (primary N) is 1. The van der Waals surface area contributed by atoms with Crippen molar-refractivity contribution in [3.05, 3.63) is 95.8 Å². The maximum atomic E-state index is 9.82. The number of benzene rings is 1. The Balaban J connectivity index is 1.66. The summed E-state index contributed by atoms with van der Waals surface area (Å²) in [5.41, 5.74) is 10.8. The zero-order valence-corrected chi connectivity index (χ0v) is 16.1. The molecular formula is C22H17N7O. The van der Waals surface area contributed by atoms with Gasteiger partial charge in [-0.15, -0.1) is 0 Å². The SMILES string of the molecule is Cc1nn(-c2ccncc2)c2c1C(c1ccc(-n3ccnc3)cc1)C(C#N)=C(N)O2. The van der Waals surface area contributed by atoms with Crippen LogP contribution in [0.25, 0.3) is 11.4 Å². The topological polar surface area (TPSA) is 108 Å². The molecule has 4 heterocycles. The molecule has 0 saturated heterocycles. The number of aryl methyl sites for hydroxylation is 1. The molecule has 146 valence electrons. The average molecular weight is 395 g/mol. The standard InChI is InChI=1S/C22H17N7O/c1-14-19-20(15-2-4-16(5-3-15)28-11-10-26-13-28)18(12-23)21(24)30-22(19)29(27-14)17-6-8-25-9-7-17/h2-11,13,20H,24H2,1H3. The third-order valence-corrected chi connectivity index (χ3v) is 5.17. The summed E-state index contributed by atoms with van der Waals surface area (Å²) in [6, 6.07) is 13.9. The monoisotopic (exact) mass is 395 g/mol. The zero-order valence-electron chi connectivity index (χ0n) is 16.1. The van der Waals surface area contributed by atoms with E-state index >= 15 is 0 Å². The molecule has 3 aromatic heterocycles. The van der Waals surface area contributed by atoms with Gasteiger partial charge in [-0.3, -0.25) is 4.98 Å². The molecule has 0 saturated carbocycles. The van der Waals surface area contributed by atoms with Gasteiger partial charge in [-0.05, 0) is 36.8 Å². The fourth-order valence-corrected chi connectivity index (χ4v) is 3.76. The first-order valence-corrected chi connectivity index (χ1v) is 9.33. The van der Waals surface area contributed by atoms with Crippen LogP contribution in [0.15, 0.2) is 79.0 Å². The molecule has 30 heavy (non-hydrogen) atoms. The lowest BCUT2D eigenvalue weighted by atomic mass is 9.84. The Hall–Kier alpha value is -4.38. The van der Waals surface area contributed by atoms with Crippen molar-refractivity contribution in [1.82, 2.24) is 24.3 Å². The minimum Gasteiger partial charge on any atom is -0.422 e. The van der Waals surface area contributed by atoms with Crippen LogP contribution in [0.1, 0.15) is 22.7 Å². The predicted octanol–water partition coefficient (Wildman–Crippen LogP) is 2.98. The summed E-state index contributed by atoms with van der Waals surface area (Å²) in [7, 11) is 0. The van der Waals surface area contributed by atoms with E-state index in [1.165, 1.54) is 0 Å². The van der Waals surface area contributed by atoms with E-state index in [9.17, 15) is 5.26 Å². The summed E-state index contributed by atoms with van der Waals surface area (Å²) >= 11 is 0. The van der Waals surface area contributed by atoms with Crippen molar-refractivity contribution in [1.29, 1.82) is 5.26 Å². The highest BCUT2D eigenvalue weighted by Crippen LogP contribution is 2.44. The van der Waals surface area contributed by atoms with Gasteiger partial charge in [-0.25, -0.2) is 9.67 Å². The van der Waals surface area contributed by atoms with Crippen LogP contribution < -0.4 is 10.5 Å². The van der Waals surface area contributed by atoms with Gasteiger partial charge in [0.25, 0.3) is 0 Å². The molecule has 0 spiro atoms. The normalized spacial score (nSPS) is 15.4. The van der Waals surface area contributed by atoms with E-state index in [0.29, 0.717) is 11.5 Å². The summed E-state index contributed by atoms with van der Waals surface area (Å²) in [6.45, 7) is 1.91. The summed E-state index contributed by atoms with van der Waals surface area (Å²) in [5.74, 6) is 0.231. The second-order valence-corrected chi connectivity index (χ2v) is 6.91. The number of fused-ring (bicyclic) bond motifs is 1. The number of hydrogen-bond donors (Lipinski definition) is 1. The van der Waals surface area contributed by atoms with Crippen molar-refractivity contribution < 1.29 is 4.74 Å². The number of aromatic nitrogens is 5. The summed E-state index contributed by atoms with van der Waals surface area (Å²) < 4.78 is 9.49. The number of pyridine rings is 1. The van der Waals surface area contributed by atoms with Crippen LogP contribution in [0.2, 0.25) is 0 Å². The van der Waals surface area contributed by atoms with Crippen molar-refractivity contribution in [2.45, 2.75) is 12.8 Å². The van der Waals surface area contributed by atoms with Crippen LogP contribution >= 0.6 is 0 Å². The second-order valence-electron chi connectivity index (χ2n) is 6.91. The lowest BCUT2D eigenvalue weighted by Gasteiger charge is -2.25. The van der Waals surface area contributed by atoms with Crippen LogP contribution in [0.5, 0.6) is 5.88 Å². The van der Waals surface area contributed by atoms with Gasteiger partial charge in [0.2, 0.25) is 11.8 Å².